The van der Waals surface area contributed by atoms with E-state index < -0.39 is 0 Å². The molecular formula is C26H23N5O2S2. The molecule has 35 heavy (non-hydrogen) atoms. The summed E-state index contributed by atoms with van der Waals surface area (Å²) in [5.74, 6) is 0.832. The van der Waals surface area contributed by atoms with Crippen LogP contribution in [0.25, 0.3) is 15.9 Å². The van der Waals surface area contributed by atoms with Gasteiger partial charge in [0.15, 0.2) is 16.6 Å². The van der Waals surface area contributed by atoms with E-state index in [9.17, 15) is 9.59 Å². The number of amides is 1. The van der Waals surface area contributed by atoms with E-state index in [4.69, 9.17) is 4.98 Å². The number of aryl methyl sites for hydroxylation is 2. The van der Waals surface area contributed by atoms with Gasteiger partial charge in [-0.1, -0.05) is 42.1 Å². The number of anilines is 1. The number of rotatable bonds is 7. The fourth-order valence-corrected chi connectivity index (χ4v) is 5.68. The smallest absolute Gasteiger partial charge is 0.234 e. The Balaban J connectivity index is 1.44. The second-order valence-corrected chi connectivity index (χ2v) is 10.4. The van der Waals surface area contributed by atoms with Crippen LogP contribution in [0.5, 0.6) is 0 Å². The molecule has 5 aromatic rings. The standard InChI is InChI=1S/C26H23N5O2S2/c1-15-17(3)35-25-23(15)24-29-30-26(31(24)21(28-25)13-18-7-5-4-6-8-18)34-14-22(33)27-20-11-9-19(10-12-20)16(2)32/h4-12H,13-14H2,1-3H3,(H,27,33). The van der Waals surface area contributed by atoms with Crippen molar-refractivity contribution in [2.75, 3.05) is 11.1 Å². The first-order valence-corrected chi connectivity index (χ1v) is 12.9. The van der Waals surface area contributed by atoms with Gasteiger partial charge in [0.25, 0.3) is 0 Å². The number of ketones is 1. The molecule has 0 spiro atoms. The van der Waals surface area contributed by atoms with Crippen molar-refractivity contribution in [3.8, 4) is 0 Å². The molecular weight excluding hydrogens is 478 g/mol. The maximum absolute atomic E-state index is 12.6. The van der Waals surface area contributed by atoms with Gasteiger partial charge in [0.1, 0.15) is 10.7 Å². The van der Waals surface area contributed by atoms with E-state index in [1.165, 1.54) is 23.6 Å². The van der Waals surface area contributed by atoms with Gasteiger partial charge >= 0.3 is 0 Å². The Morgan fingerprint density at radius 2 is 1.77 bits per heavy atom. The molecule has 176 valence electrons. The average molecular weight is 502 g/mol. The Hall–Kier alpha value is -3.56. The largest absolute Gasteiger partial charge is 0.325 e. The fourth-order valence-electron chi connectivity index (χ4n) is 3.89. The lowest BCUT2D eigenvalue weighted by atomic mass is 10.1. The zero-order valence-corrected chi connectivity index (χ0v) is 21.2. The van der Waals surface area contributed by atoms with Crippen molar-refractivity contribution in [3.63, 3.8) is 0 Å². The molecule has 0 radical (unpaired) electrons. The van der Waals surface area contributed by atoms with E-state index in [1.54, 1.807) is 35.6 Å². The van der Waals surface area contributed by atoms with Crippen molar-refractivity contribution in [1.29, 1.82) is 0 Å². The van der Waals surface area contributed by atoms with Crippen molar-refractivity contribution < 1.29 is 9.59 Å². The van der Waals surface area contributed by atoms with E-state index in [0.717, 1.165) is 32.8 Å². The topological polar surface area (TPSA) is 89.2 Å². The lowest BCUT2D eigenvalue weighted by Gasteiger charge is -2.09. The summed E-state index contributed by atoms with van der Waals surface area (Å²) in [6.07, 6.45) is 0.629. The zero-order chi connectivity index (χ0) is 24.5. The molecule has 7 nitrogen and oxygen atoms in total. The summed E-state index contributed by atoms with van der Waals surface area (Å²) in [5.41, 5.74) is 4.32. The second kappa shape index (κ2) is 9.59. The SMILES string of the molecule is CC(=O)c1ccc(NC(=O)CSc2nnc3c4c(C)c(C)sc4nc(Cc4ccccc4)n23)cc1. The minimum Gasteiger partial charge on any atom is -0.325 e. The first-order chi connectivity index (χ1) is 16.9. The van der Waals surface area contributed by atoms with E-state index in [2.05, 4.69) is 41.5 Å². The van der Waals surface area contributed by atoms with E-state index in [-0.39, 0.29) is 17.4 Å². The molecule has 0 saturated heterocycles. The fraction of sp³-hybridized carbons (Fsp3) is 0.192. The van der Waals surface area contributed by atoms with Gasteiger partial charge in [-0.25, -0.2) is 4.98 Å². The molecule has 1 N–H and O–H groups in total. The number of benzene rings is 2. The number of aromatic nitrogens is 4. The van der Waals surface area contributed by atoms with Crippen LogP contribution >= 0.6 is 23.1 Å². The Kier molecular flexibility index (Phi) is 6.36. The van der Waals surface area contributed by atoms with Crippen LogP contribution in [0, 0.1) is 13.8 Å². The third-order valence-electron chi connectivity index (χ3n) is 5.83. The predicted octanol–water partition coefficient (Wildman–Crippen LogP) is 5.48. The number of fused-ring (bicyclic) bond motifs is 3. The van der Waals surface area contributed by atoms with E-state index in [0.29, 0.717) is 22.8 Å². The molecule has 0 aliphatic heterocycles. The third kappa shape index (κ3) is 4.69. The molecule has 0 saturated carbocycles. The monoisotopic (exact) mass is 501 g/mol. The van der Waals surface area contributed by atoms with Crippen LogP contribution in [0.15, 0.2) is 59.8 Å². The molecule has 0 fully saturated rings. The summed E-state index contributed by atoms with van der Waals surface area (Å²) >= 11 is 2.99. The van der Waals surface area contributed by atoms with Crippen LogP contribution in [0.4, 0.5) is 5.69 Å². The highest BCUT2D eigenvalue weighted by atomic mass is 32.2. The van der Waals surface area contributed by atoms with Gasteiger partial charge in [-0.3, -0.25) is 14.0 Å². The third-order valence-corrected chi connectivity index (χ3v) is 7.86. The molecule has 0 atom stereocenters. The van der Waals surface area contributed by atoms with Crippen molar-refractivity contribution in [2.24, 2.45) is 0 Å². The number of hydrogen-bond acceptors (Lipinski definition) is 7. The lowest BCUT2D eigenvalue weighted by molar-refractivity contribution is -0.113. The van der Waals surface area contributed by atoms with E-state index >= 15 is 0 Å². The van der Waals surface area contributed by atoms with Crippen LogP contribution in [0.3, 0.4) is 0 Å². The predicted molar refractivity (Wildman–Crippen MR) is 141 cm³/mol. The quantitative estimate of drug-likeness (QED) is 0.235. The van der Waals surface area contributed by atoms with Crippen LogP contribution in [-0.2, 0) is 11.2 Å². The normalized spacial score (nSPS) is 11.3. The van der Waals surface area contributed by atoms with Gasteiger partial charge in [-0.15, -0.1) is 21.5 Å². The Labute approximate surface area is 210 Å². The summed E-state index contributed by atoms with van der Waals surface area (Å²) in [4.78, 5) is 31.2. The van der Waals surface area contributed by atoms with Crippen LogP contribution in [-0.4, -0.2) is 37.0 Å². The van der Waals surface area contributed by atoms with Crippen LogP contribution in [0.1, 0.15) is 39.1 Å². The molecule has 0 bridgehead atoms. The van der Waals surface area contributed by atoms with E-state index in [1.807, 2.05) is 22.6 Å². The highest BCUT2D eigenvalue weighted by molar-refractivity contribution is 7.99. The van der Waals surface area contributed by atoms with Gasteiger partial charge in [0, 0.05) is 22.5 Å². The van der Waals surface area contributed by atoms with Crippen molar-refractivity contribution in [1.82, 2.24) is 19.6 Å². The maximum Gasteiger partial charge on any atom is 0.234 e. The maximum atomic E-state index is 12.6. The van der Waals surface area contributed by atoms with Crippen molar-refractivity contribution in [2.45, 2.75) is 32.3 Å². The molecule has 9 heteroatoms. The second-order valence-electron chi connectivity index (χ2n) is 8.27. The zero-order valence-electron chi connectivity index (χ0n) is 19.5. The number of nitrogens with zero attached hydrogens (tertiary/aromatic N) is 4. The Bertz CT molecular complexity index is 1560. The highest BCUT2D eigenvalue weighted by Gasteiger charge is 2.20. The molecule has 5 rings (SSSR count). The Morgan fingerprint density at radius 1 is 1.03 bits per heavy atom. The molecule has 3 aromatic heterocycles. The molecule has 0 unspecified atom stereocenters. The number of hydrogen-bond donors (Lipinski definition) is 1. The summed E-state index contributed by atoms with van der Waals surface area (Å²) in [7, 11) is 0. The summed E-state index contributed by atoms with van der Waals surface area (Å²) < 4.78 is 1.98. The summed E-state index contributed by atoms with van der Waals surface area (Å²) in [6, 6.07) is 17.0. The van der Waals surface area contributed by atoms with Gasteiger partial charge in [-0.05, 0) is 56.2 Å². The summed E-state index contributed by atoms with van der Waals surface area (Å²) in [6.45, 7) is 5.69. The minimum absolute atomic E-state index is 0.0119. The van der Waals surface area contributed by atoms with Crippen LogP contribution in [0.2, 0.25) is 0 Å². The lowest BCUT2D eigenvalue weighted by Crippen LogP contribution is -2.14. The average Bonchev–Trinajstić information content (AvgIpc) is 3.39. The number of thiophene rings is 1. The number of carbonyl (C=O) groups is 2. The van der Waals surface area contributed by atoms with Crippen molar-refractivity contribution in [3.05, 3.63) is 82.0 Å². The molecule has 1 amide bonds. The molecule has 3 heterocycles. The highest BCUT2D eigenvalue weighted by Crippen LogP contribution is 2.34. The molecule has 0 aliphatic carbocycles. The van der Waals surface area contributed by atoms with Gasteiger partial charge < -0.3 is 5.32 Å². The number of Topliss-reactive ketones (excluding diaryl/α,β-unsaturated/α-hetero) is 1. The number of nitrogens with one attached hydrogen (secondary N) is 1. The molecule has 2 aromatic carbocycles. The minimum atomic E-state index is -0.163. The van der Waals surface area contributed by atoms with Gasteiger partial charge in [0.05, 0.1) is 11.1 Å². The first-order valence-electron chi connectivity index (χ1n) is 11.1. The first kappa shape index (κ1) is 23.2. The number of thioether (sulfide) groups is 1. The van der Waals surface area contributed by atoms with Crippen molar-refractivity contribution >= 4 is 56.3 Å². The van der Waals surface area contributed by atoms with Gasteiger partial charge in [-0.2, -0.15) is 0 Å². The summed E-state index contributed by atoms with van der Waals surface area (Å²) in [5, 5.41) is 13.5. The Morgan fingerprint density at radius 3 is 2.49 bits per heavy atom. The van der Waals surface area contributed by atoms with Crippen LogP contribution < -0.4 is 5.32 Å². The molecule has 0 aliphatic rings. The van der Waals surface area contributed by atoms with Gasteiger partial charge in [0.2, 0.25) is 5.91 Å². The number of carbonyl (C=O) groups excluding carboxylic acids is 2.